The number of hydrogen-bond acceptors (Lipinski definition) is 4. The maximum Gasteiger partial charge on any atom is 0.322 e. The van der Waals surface area contributed by atoms with E-state index in [1.807, 2.05) is 41.8 Å². The molecule has 0 atom stereocenters. The van der Waals surface area contributed by atoms with Crippen LogP contribution in [-0.4, -0.2) is 24.6 Å². The monoisotopic (exact) mass is 356 g/mol. The Morgan fingerprint density at radius 1 is 1.24 bits per heavy atom. The van der Waals surface area contributed by atoms with Gasteiger partial charge in [0.25, 0.3) is 0 Å². The molecule has 0 spiro atoms. The lowest BCUT2D eigenvalue weighted by Gasteiger charge is -2.23. The maximum atomic E-state index is 12.8. The van der Waals surface area contributed by atoms with Crippen LogP contribution in [0.2, 0.25) is 0 Å². The van der Waals surface area contributed by atoms with Gasteiger partial charge in [-0.3, -0.25) is 0 Å². The molecule has 130 valence electrons. The second-order valence-corrected chi connectivity index (χ2v) is 6.55. The Labute approximate surface area is 150 Å². The van der Waals surface area contributed by atoms with Crippen molar-refractivity contribution < 1.29 is 13.9 Å². The number of urea groups is 1. The zero-order valence-electron chi connectivity index (χ0n) is 14.0. The number of amides is 2. The minimum Gasteiger partial charge on any atom is -0.495 e. The van der Waals surface area contributed by atoms with E-state index in [1.54, 1.807) is 35.9 Å². The van der Waals surface area contributed by atoms with Crippen LogP contribution in [0.3, 0.4) is 0 Å². The number of ether oxygens (including phenoxy) is 1. The maximum absolute atomic E-state index is 12.8. The highest BCUT2D eigenvalue weighted by Crippen LogP contribution is 2.23. The first-order chi connectivity index (χ1) is 12.3. The number of carbonyl (C=O) groups is 1. The van der Waals surface area contributed by atoms with Gasteiger partial charge >= 0.3 is 6.03 Å². The molecule has 0 unspecified atom stereocenters. The van der Waals surface area contributed by atoms with E-state index in [-0.39, 0.29) is 6.03 Å². The third-order valence-corrected chi connectivity index (χ3v) is 4.73. The molecular weight excluding hydrogens is 336 g/mol. The number of para-hydroxylation sites is 2. The second kappa shape index (κ2) is 8.39. The van der Waals surface area contributed by atoms with Gasteiger partial charge in [-0.05, 0) is 36.1 Å². The van der Waals surface area contributed by atoms with Gasteiger partial charge in [-0.1, -0.05) is 18.2 Å². The average Bonchev–Trinajstić information content (AvgIpc) is 3.32. The van der Waals surface area contributed by atoms with Crippen molar-refractivity contribution in [1.29, 1.82) is 0 Å². The molecule has 6 heteroatoms. The molecule has 0 fully saturated rings. The van der Waals surface area contributed by atoms with E-state index in [2.05, 4.69) is 11.4 Å². The van der Waals surface area contributed by atoms with Crippen molar-refractivity contribution in [2.75, 3.05) is 19.0 Å². The number of furan rings is 1. The van der Waals surface area contributed by atoms with E-state index < -0.39 is 0 Å². The van der Waals surface area contributed by atoms with Crippen molar-refractivity contribution >= 4 is 23.1 Å². The first-order valence-electron chi connectivity index (χ1n) is 7.98. The van der Waals surface area contributed by atoms with Gasteiger partial charge in [0.1, 0.15) is 5.75 Å². The predicted molar refractivity (Wildman–Crippen MR) is 99.2 cm³/mol. The van der Waals surface area contributed by atoms with Crippen LogP contribution in [0.5, 0.6) is 5.75 Å². The number of carbonyl (C=O) groups excluding carboxylic acids is 1. The molecule has 3 rings (SSSR count). The quantitative estimate of drug-likeness (QED) is 0.672. The fourth-order valence-corrected chi connectivity index (χ4v) is 3.20. The molecule has 25 heavy (non-hydrogen) atoms. The topological polar surface area (TPSA) is 54.7 Å². The number of nitrogens with zero attached hydrogens (tertiary/aromatic N) is 1. The van der Waals surface area contributed by atoms with E-state index in [0.717, 1.165) is 12.0 Å². The van der Waals surface area contributed by atoms with E-state index in [4.69, 9.17) is 9.15 Å². The summed E-state index contributed by atoms with van der Waals surface area (Å²) in [4.78, 5) is 15.8. The van der Waals surface area contributed by atoms with Crippen LogP contribution in [0.1, 0.15) is 10.4 Å². The van der Waals surface area contributed by atoms with E-state index >= 15 is 0 Å². The Bertz CT molecular complexity index is 785. The van der Waals surface area contributed by atoms with Gasteiger partial charge < -0.3 is 19.4 Å². The summed E-state index contributed by atoms with van der Waals surface area (Å²) in [5.41, 5.74) is 1.62. The van der Waals surface area contributed by atoms with Crippen LogP contribution < -0.4 is 10.1 Å². The van der Waals surface area contributed by atoms with Crippen molar-refractivity contribution in [1.82, 2.24) is 4.90 Å². The summed E-state index contributed by atoms with van der Waals surface area (Å²) in [5, 5.41) is 4.99. The summed E-state index contributed by atoms with van der Waals surface area (Å²) < 4.78 is 10.4. The number of rotatable bonds is 7. The standard InChI is InChI=1S/C19H20N2O3S/c1-23-18-7-3-2-6-17(18)20-19(22)21(13-15-9-11-24-14-15)10-8-16-5-4-12-25-16/h2-7,9,11-12,14H,8,10,13H2,1H3,(H,20,22). The number of methoxy groups -OCH3 is 1. The molecule has 0 radical (unpaired) electrons. The Morgan fingerprint density at radius 2 is 2.12 bits per heavy atom. The van der Waals surface area contributed by atoms with Crippen LogP contribution in [0.15, 0.2) is 64.8 Å². The van der Waals surface area contributed by atoms with Crippen molar-refractivity contribution in [3.05, 3.63) is 70.8 Å². The highest BCUT2D eigenvalue weighted by molar-refractivity contribution is 7.09. The largest absolute Gasteiger partial charge is 0.495 e. The molecule has 0 saturated heterocycles. The van der Waals surface area contributed by atoms with Gasteiger partial charge in [-0.2, -0.15) is 0 Å². The van der Waals surface area contributed by atoms with Crippen LogP contribution in [0.25, 0.3) is 0 Å². The number of thiophene rings is 1. The Kier molecular flexibility index (Phi) is 5.74. The molecule has 1 aromatic carbocycles. The van der Waals surface area contributed by atoms with Crippen LogP contribution in [0.4, 0.5) is 10.5 Å². The Balaban J connectivity index is 1.71. The number of anilines is 1. The van der Waals surface area contributed by atoms with Crippen LogP contribution in [-0.2, 0) is 13.0 Å². The fourth-order valence-electron chi connectivity index (χ4n) is 2.50. The summed E-state index contributed by atoms with van der Waals surface area (Å²) in [7, 11) is 1.59. The summed E-state index contributed by atoms with van der Waals surface area (Å²) in [5.74, 6) is 0.636. The number of nitrogens with one attached hydrogen (secondary N) is 1. The van der Waals surface area contributed by atoms with Crippen molar-refractivity contribution in [3.8, 4) is 5.75 Å². The van der Waals surface area contributed by atoms with Crippen LogP contribution >= 0.6 is 11.3 Å². The van der Waals surface area contributed by atoms with Gasteiger partial charge in [0.2, 0.25) is 0 Å². The van der Waals surface area contributed by atoms with Gasteiger partial charge in [0, 0.05) is 17.0 Å². The molecule has 0 saturated carbocycles. The third-order valence-electron chi connectivity index (χ3n) is 3.80. The zero-order chi connectivity index (χ0) is 17.5. The molecule has 2 aromatic heterocycles. The lowest BCUT2D eigenvalue weighted by Crippen LogP contribution is -2.36. The van der Waals surface area contributed by atoms with Gasteiger partial charge in [0.15, 0.2) is 0 Å². The molecule has 0 bridgehead atoms. The molecule has 3 aromatic rings. The smallest absolute Gasteiger partial charge is 0.322 e. The molecule has 0 aliphatic rings. The van der Waals surface area contributed by atoms with E-state index in [9.17, 15) is 4.79 Å². The predicted octanol–water partition coefficient (Wildman–Crippen LogP) is 4.63. The highest BCUT2D eigenvalue weighted by Gasteiger charge is 2.16. The van der Waals surface area contributed by atoms with Crippen molar-refractivity contribution in [2.24, 2.45) is 0 Å². The summed E-state index contributed by atoms with van der Waals surface area (Å²) in [6.07, 6.45) is 4.09. The SMILES string of the molecule is COc1ccccc1NC(=O)N(CCc1cccs1)Cc1ccoc1. The second-order valence-electron chi connectivity index (χ2n) is 5.51. The highest BCUT2D eigenvalue weighted by atomic mass is 32.1. The molecule has 2 heterocycles. The van der Waals surface area contributed by atoms with Gasteiger partial charge in [-0.15, -0.1) is 11.3 Å². The Morgan fingerprint density at radius 3 is 2.84 bits per heavy atom. The summed E-state index contributed by atoms with van der Waals surface area (Å²) in [6.45, 7) is 1.11. The first kappa shape index (κ1) is 17.1. The molecule has 1 N–H and O–H groups in total. The lowest BCUT2D eigenvalue weighted by atomic mass is 10.2. The van der Waals surface area contributed by atoms with E-state index in [0.29, 0.717) is 24.5 Å². The first-order valence-corrected chi connectivity index (χ1v) is 8.86. The van der Waals surface area contributed by atoms with Crippen molar-refractivity contribution in [3.63, 3.8) is 0 Å². The van der Waals surface area contributed by atoms with E-state index in [1.165, 1.54) is 4.88 Å². The fraction of sp³-hybridized carbons (Fsp3) is 0.211. The zero-order valence-corrected chi connectivity index (χ0v) is 14.8. The summed E-state index contributed by atoms with van der Waals surface area (Å²) in [6, 6.07) is 13.2. The van der Waals surface area contributed by atoms with Crippen LogP contribution in [0, 0.1) is 0 Å². The van der Waals surface area contributed by atoms with Crippen molar-refractivity contribution in [2.45, 2.75) is 13.0 Å². The number of benzene rings is 1. The average molecular weight is 356 g/mol. The van der Waals surface area contributed by atoms with Gasteiger partial charge in [-0.25, -0.2) is 4.79 Å². The molecule has 0 aliphatic carbocycles. The Hall–Kier alpha value is -2.73. The lowest BCUT2D eigenvalue weighted by molar-refractivity contribution is 0.209. The summed E-state index contributed by atoms with van der Waals surface area (Å²) >= 11 is 1.70. The minimum absolute atomic E-state index is 0.165. The molecule has 0 aliphatic heterocycles. The number of hydrogen-bond donors (Lipinski definition) is 1. The molecule has 5 nitrogen and oxygen atoms in total. The third kappa shape index (κ3) is 4.64. The molecular formula is C19H20N2O3S. The normalized spacial score (nSPS) is 10.4. The minimum atomic E-state index is -0.165. The molecule has 2 amide bonds. The van der Waals surface area contributed by atoms with Gasteiger partial charge in [0.05, 0.1) is 31.9 Å².